The first-order chi connectivity index (χ1) is 11.2. The van der Waals surface area contributed by atoms with Gasteiger partial charge in [-0.3, -0.25) is 4.79 Å². The van der Waals surface area contributed by atoms with E-state index in [0.29, 0.717) is 6.54 Å². The molecular formula is C16H21Cl3N4OS. The van der Waals surface area contributed by atoms with Crippen molar-refractivity contribution in [1.82, 2.24) is 20.6 Å². The number of halogens is 3. The topological polar surface area (TPSA) is 69.8 Å². The number of H-pyrrole nitrogens is 1. The zero-order valence-electron chi connectivity index (χ0n) is 13.5. The number of nitrogens with zero attached hydrogens (tertiary/aromatic N) is 1. The van der Waals surface area contributed by atoms with Gasteiger partial charge in [0.2, 0.25) is 5.91 Å². The van der Waals surface area contributed by atoms with Crippen molar-refractivity contribution in [2.75, 3.05) is 18.8 Å². The summed E-state index contributed by atoms with van der Waals surface area (Å²) < 4.78 is 0. The minimum Gasteiger partial charge on any atom is -0.354 e. The number of benzene rings is 1. The van der Waals surface area contributed by atoms with Crippen molar-refractivity contribution in [3.63, 3.8) is 0 Å². The van der Waals surface area contributed by atoms with Gasteiger partial charge in [0.1, 0.15) is 6.04 Å². The highest BCUT2D eigenvalue weighted by molar-refractivity contribution is 7.98. The van der Waals surface area contributed by atoms with Gasteiger partial charge in [-0.25, -0.2) is 4.98 Å². The number of thioether (sulfide) groups is 1. The zero-order valence-corrected chi connectivity index (χ0v) is 16.7. The van der Waals surface area contributed by atoms with Gasteiger partial charge >= 0.3 is 0 Å². The molecule has 9 heteroatoms. The highest BCUT2D eigenvalue weighted by atomic mass is 35.5. The third-order valence-corrected chi connectivity index (χ3v) is 4.98. The van der Waals surface area contributed by atoms with E-state index in [-0.39, 0.29) is 36.8 Å². The quantitative estimate of drug-likeness (QED) is 0.624. The molecule has 1 atom stereocenters. The molecule has 1 unspecified atom stereocenters. The van der Waals surface area contributed by atoms with Crippen LogP contribution in [0.1, 0.15) is 23.0 Å². The number of aromatic amines is 1. The van der Waals surface area contributed by atoms with E-state index < -0.39 is 0 Å². The van der Waals surface area contributed by atoms with Crippen molar-refractivity contribution in [2.24, 2.45) is 0 Å². The maximum atomic E-state index is 12.3. The van der Waals surface area contributed by atoms with E-state index in [4.69, 9.17) is 11.6 Å². The van der Waals surface area contributed by atoms with Crippen LogP contribution in [0.15, 0.2) is 30.6 Å². The molecule has 1 aromatic heterocycles. The molecule has 138 valence electrons. The smallest absolute Gasteiger partial charge is 0.243 e. The Morgan fingerprint density at radius 2 is 2.24 bits per heavy atom. The summed E-state index contributed by atoms with van der Waals surface area (Å²) in [6.07, 6.45) is 2.54. The van der Waals surface area contributed by atoms with Gasteiger partial charge in [-0.2, -0.15) is 11.8 Å². The number of amides is 1. The first-order valence-electron chi connectivity index (χ1n) is 7.59. The van der Waals surface area contributed by atoms with Crippen LogP contribution in [0.2, 0.25) is 5.02 Å². The fourth-order valence-electron chi connectivity index (χ4n) is 2.60. The summed E-state index contributed by atoms with van der Waals surface area (Å²) >= 11 is 7.74. The van der Waals surface area contributed by atoms with E-state index in [1.807, 2.05) is 18.2 Å². The first-order valence-corrected chi connectivity index (χ1v) is 9.13. The van der Waals surface area contributed by atoms with Crippen LogP contribution in [0.4, 0.5) is 0 Å². The first kappa shape index (κ1) is 22.1. The molecule has 0 radical (unpaired) electrons. The lowest BCUT2D eigenvalue weighted by molar-refractivity contribution is -0.123. The lowest BCUT2D eigenvalue weighted by atomic mass is 10.1. The van der Waals surface area contributed by atoms with Crippen molar-refractivity contribution < 1.29 is 4.79 Å². The maximum Gasteiger partial charge on any atom is 0.243 e. The van der Waals surface area contributed by atoms with Crippen LogP contribution in [0.3, 0.4) is 0 Å². The molecule has 3 N–H and O–H groups in total. The third kappa shape index (κ3) is 6.08. The van der Waals surface area contributed by atoms with Crippen molar-refractivity contribution in [3.05, 3.63) is 52.6 Å². The monoisotopic (exact) mass is 422 g/mol. The predicted molar refractivity (Wildman–Crippen MR) is 108 cm³/mol. The molecule has 0 bridgehead atoms. The van der Waals surface area contributed by atoms with Crippen molar-refractivity contribution in [3.8, 4) is 0 Å². The van der Waals surface area contributed by atoms with Gasteiger partial charge in [-0.15, -0.1) is 24.8 Å². The normalized spacial score (nSPS) is 15.5. The summed E-state index contributed by atoms with van der Waals surface area (Å²) in [6.45, 7) is 1.43. The Morgan fingerprint density at radius 1 is 1.40 bits per heavy atom. The third-order valence-electron chi connectivity index (χ3n) is 3.71. The lowest BCUT2D eigenvalue weighted by Crippen LogP contribution is -2.42. The Balaban J connectivity index is 0.00000156. The summed E-state index contributed by atoms with van der Waals surface area (Å²) in [5, 5.41) is 6.96. The summed E-state index contributed by atoms with van der Waals surface area (Å²) in [5.74, 6) is 1.74. The van der Waals surface area contributed by atoms with Crippen LogP contribution >= 0.6 is 48.2 Å². The fourth-order valence-corrected chi connectivity index (χ4v) is 3.62. The molecule has 0 saturated heterocycles. The second-order valence-electron chi connectivity index (χ2n) is 5.38. The van der Waals surface area contributed by atoms with E-state index in [9.17, 15) is 4.79 Å². The molecule has 1 aliphatic heterocycles. The molecule has 1 aliphatic rings. The number of aromatic nitrogens is 2. The van der Waals surface area contributed by atoms with Gasteiger partial charge in [0.15, 0.2) is 0 Å². The Kier molecular flexibility index (Phi) is 9.67. The average Bonchev–Trinajstić information content (AvgIpc) is 3.03. The van der Waals surface area contributed by atoms with Crippen LogP contribution in [0, 0.1) is 0 Å². The second-order valence-corrected chi connectivity index (χ2v) is 6.92. The minimum atomic E-state index is -0.345. The van der Waals surface area contributed by atoms with Crippen molar-refractivity contribution >= 4 is 54.1 Å². The van der Waals surface area contributed by atoms with Gasteiger partial charge in [-0.1, -0.05) is 23.7 Å². The largest absolute Gasteiger partial charge is 0.354 e. The number of carbonyl (C=O) groups is 1. The average molecular weight is 424 g/mol. The number of rotatable bonds is 6. The Morgan fingerprint density at radius 3 is 3.04 bits per heavy atom. The molecule has 0 fully saturated rings. The number of hydrogen-bond acceptors (Lipinski definition) is 4. The van der Waals surface area contributed by atoms with Crippen LogP contribution in [-0.4, -0.2) is 34.7 Å². The number of fused-ring (bicyclic) bond motifs is 1. The second kappa shape index (κ2) is 10.9. The predicted octanol–water partition coefficient (Wildman–Crippen LogP) is 3.14. The van der Waals surface area contributed by atoms with E-state index in [0.717, 1.165) is 40.9 Å². The maximum absolute atomic E-state index is 12.3. The summed E-state index contributed by atoms with van der Waals surface area (Å²) in [5.41, 5.74) is 3.07. The van der Waals surface area contributed by atoms with Gasteiger partial charge in [0.25, 0.3) is 0 Å². The Hall–Kier alpha value is -0.920. The number of imidazole rings is 1. The Bertz CT molecular complexity index is 683. The van der Waals surface area contributed by atoms with E-state index in [1.54, 1.807) is 18.1 Å². The Labute approximate surface area is 168 Å². The molecule has 0 saturated carbocycles. The number of hydrogen-bond donors (Lipinski definition) is 3. The molecule has 2 heterocycles. The lowest BCUT2D eigenvalue weighted by Gasteiger charge is -2.22. The van der Waals surface area contributed by atoms with E-state index in [1.165, 1.54) is 5.56 Å². The molecule has 25 heavy (non-hydrogen) atoms. The SMILES string of the molecule is Cl.Cl.O=C(NCCSCc1cccc(Cl)c1)C1NCCc2[nH]cnc21. The van der Waals surface area contributed by atoms with E-state index >= 15 is 0 Å². The summed E-state index contributed by atoms with van der Waals surface area (Å²) in [6, 6.07) is 7.51. The van der Waals surface area contributed by atoms with Crippen molar-refractivity contribution in [2.45, 2.75) is 18.2 Å². The molecule has 0 spiro atoms. The standard InChI is InChI=1S/C16H19ClN4OS.2ClH/c17-12-3-1-2-11(8-12)9-23-7-6-19-16(22)15-14-13(4-5-18-15)20-10-21-14;;/h1-3,8,10,15,18H,4-7,9H2,(H,19,22)(H,20,21);2*1H. The highest BCUT2D eigenvalue weighted by Crippen LogP contribution is 2.19. The molecule has 3 rings (SSSR count). The molecule has 0 aliphatic carbocycles. The van der Waals surface area contributed by atoms with Gasteiger partial charge < -0.3 is 15.6 Å². The minimum absolute atomic E-state index is 0. The number of nitrogens with one attached hydrogen (secondary N) is 3. The van der Waals surface area contributed by atoms with Crippen LogP contribution in [-0.2, 0) is 17.0 Å². The van der Waals surface area contributed by atoms with Gasteiger partial charge in [0, 0.05) is 41.7 Å². The molecule has 5 nitrogen and oxygen atoms in total. The highest BCUT2D eigenvalue weighted by Gasteiger charge is 2.27. The summed E-state index contributed by atoms with van der Waals surface area (Å²) in [7, 11) is 0. The molecule has 1 aromatic carbocycles. The molecule has 2 aromatic rings. The fraction of sp³-hybridized carbons (Fsp3) is 0.375. The van der Waals surface area contributed by atoms with Crippen molar-refractivity contribution in [1.29, 1.82) is 0 Å². The molecular weight excluding hydrogens is 403 g/mol. The van der Waals surface area contributed by atoms with Gasteiger partial charge in [0.05, 0.1) is 12.0 Å². The van der Waals surface area contributed by atoms with E-state index in [2.05, 4.69) is 26.7 Å². The zero-order chi connectivity index (χ0) is 16.1. The van der Waals surface area contributed by atoms with Crippen LogP contribution in [0.25, 0.3) is 0 Å². The number of carbonyl (C=O) groups excluding carboxylic acids is 1. The summed E-state index contributed by atoms with van der Waals surface area (Å²) in [4.78, 5) is 19.6. The van der Waals surface area contributed by atoms with Gasteiger partial charge in [-0.05, 0) is 17.7 Å². The van der Waals surface area contributed by atoms with Crippen LogP contribution in [0.5, 0.6) is 0 Å². The van der Waals surface area contributed by atoms with Crippen LogP contribution < -0.4 is 10.6 Å². The molecule has 1 amide bonds.